The number of hydrogen-bond donors (Lipinski definition) is 2. The molecule has 0 saturated carbocycles. The van der Waals surface area contributed by atoms with Crippen LogP contribution in [0.15, 0.2) is 36.4 Å². The molecule has 0 unspecified atom stereocenters. The number of carbonyl (C=O) groups is 1. The molecule has 2 N–H and O–H groups in total. The minimum absolute atomic E-state index is 0.0232. The Balaban J connectivity index is 2.49. The van der Waals surface area contributed by atoms with E-state index in [2.05, 4.69) is 5.32 Å². The normalized spacial score (nSPS) is 11.3. The van der Waals surface area contributed by atoms with Gasteiger partial charge in [-0.05, 0) is 42.8 Å². The van der Waals surface area contributed by atoms with Crippen LogP contribution in [-0.2, 0) is 10.9 Å². The largest absolute Gasteiger partial charge is 0.478 e. The highest BCUT2D eigenvalue weighted by Crippen LogP contribution is 2.43. The molecule has 2 aromatic rings. The number of nitrogens with one attached hydrogen (secondary N) is 1. The number of carboxylic acid groups (broad SMARTS) is 1. The van der Waals surface area contributed by atoms with Crippen molar-refractivity contribution in [2.75, 3.05) is 25.6 Å². The van der Waals surface area contributed by atoms with Gasteiger partial charge in [0.25, 0.3) is 0 Å². The van der Waals surface area contributed by atoms with E-state index in [1.54, 1.807) is 0 Å². The summed E-state index contributed by atoms with van der Waals surface area (Å²) in [5, 5.41) is 11.9. The fourth-order valence-corrected chi connectivity index (χ4v) is 2.26. The molecule has 0 bridgehead atoms. The first kappa shape index (κ1) is 20.5. The fraction of sp³-hybridized carbons (Fsp3) is 0.278. The van der Waals surface area contributed by atoms with Crippen LogP contribution in [-0.4, -0.2) is 31.3 Å². The third kappa shape index (κ3) is 5.58. The third-order valence-corrected chi connectivity index (χ3v) is 3.52. The van der Waals surface area contributed by atoms with E-state index in [1.807, 2.05) is 0 Å². The highest BCUT2D eigenvalue weighted by Gasteiger charge is 2.37. The molecule has 0 fully saturated rings. The molecular formula is C18H17F4NO4. The van der Waals surface area contributed by atoms with Crippen molar-refractivity contribution in [3.8, 4) is 11.5 Å². The summed E-state index contributed by atoms with van der Waals surface area (Å²) in [6.45, 7) is 0.597. The van der Waals surface area contributed by atoms with E-state index in [-0.39, 0.29) is 18.0 Å². The predicted octanol–water partition coefficient (Wildman–Crippen LogP) is 4.78. The van der Waals surface area contributed by atoms with Gasteiger partial charge in [0, 0.05) is 20.3 Å². The van der Waals surface area contributed by atoms with Crippen molar-refractivity contribution in [3.05, 3.63) is 53.3 Å². The topological polar surface area (TPSA) is 67.8 Å². The molecule has 0 radical (unpaired) electrons. The maximum Gasteiger partial charge on any atom is 0.420 e. The summed E-state index contributed by atoms with van der Waals surface area (Å²) in [4.78, 5) is 11.2. The number of hydrogen-bond acceptors (Lipinski definition) is 4. The van der Waals surface area contributed by atoms with Gasteiger partial charge >= 0.3 is 12.1 Å². The highest BCUT2D eigenvalue weighted by atomic mass is 19.4. The molecule has 0 saturated heterocycles. The van der Waals surface area contributed by atoms with Gasteiger partial charge < -0.3 is 19.9 Å². The summed E-state index contributed by atoms with van der Waals surface area (Å²) in [5.74, 6) is -2.69. The number of carboxylic acids is 1. The van der Waals surface area contributed by atoms with Crippen molar-refractivity contribution in [2.24, 2.45) is 0 Å². The molecule has 27 heavy (non-hydrogen) atoms. The highest BCUT2D eigenvalue weighted by molar-refractivity contribution is 5.90. The van der Waals surface area contributed by atoms with Gasteiger partial charge in [-0.3, -0.25) is 0 Å². The molecule has 0 amide bonds. The molecular weight excluding hydrogens is 370 g/mol. The Morgan fingerprint density at radius 3 is 2.41 bits per heavy atom. The first-order valence-corrected chi connectivity index (χ1v) is 7.87. The first-order chi connectivity index (χ1) is 12.7. The minimum atomic E-state index is -4.86. The van der Waals surface area contributed by atoms with Gasteiger partial charge in [-0.1, -0.05) is 0 Å². The quantitative estimate of drug-likeness (QED) is 0.504. The predicted molar refractivity (Wildman–Crippen MR) is 89.9 cm³/mol. The summed E-state index contributed by atoms with van der Waals surface area (Å²) in [5.41, 5.74) is -1.92. The van der Waals surface area contributed by atoms with Crippen LogP contribution < -0.4 is 10.1 Å². The SMILES string of the molecule is COCCCNc1cc(C(=O)O)cc(C(F)(F)F)c1Oc1ccc(F)cc1. The summed E-state index contributed by atoms with van der Waals surface area (Å²) in [7, 11) is 1.48. The van der Waals surface area contributed by atoms with Gasteiger partial charge in [-0.15, -0.1) is 0 Å². The Morgan fingerprint density at radius 1 is 1.19 bits per heavy atom. The smallest absolute Gasteiger partial charge is 0.420 e. The van der Waals surface area contributed by atoms with E-state index in [9.17, 15) is 22.4 Å². The molecule has 9 heteroatoms. The zero-order chi connectivity index (χ0) is 20.0. The lowest BCUT2D eigenvalue weighted by Gasteiger charge is -2.19. The summed E-state index contributed by atoms with van der Waals surface area (Å²) < 4.78 is 63.7. The van der Waals surface area contributed by atoms with Crippen LogP contribution in [0.5, 0.6) is 11.5 Å². The Kier molecular flexibility index (Phi) is 6.62. The standard InChI is InChI=1S/C18H17F4NO4/c1-26-8-2-7-23-15-10-11(17(24)25)9-14(18(20,21)22)16(15)27-13-5-3-12(19)4-6-13/h3-6,9-10,23H,2,7-8H2,1H3,(H,24,25). The zero-order valence-electron chi connectivity index (χ0n) is 14.3. The Labute approximate surface area is 152 Å². The van der Waals surface area contributed by atoms with E-state index in [4.69, 9.17) is 14.6 Å². The number of alkyl halides is 3. The zero-order valence-corrected chi connectivity index (χ0v) is 14.3. The number of halogens is 4. The van der Waals surface area contributed by atoms with E-state index >= 15 is 0 Å². The lowest BCUT2D eigenvalue weighted by Crippen LogP contribution is -2.13. The average molecular weight is 387 g/mol. The van der Waals surface area contributed by atoms with Gasteiger partial charge in [0.15, 0.2) is 5.75 Å². The fourth-order valence-electron chi connectivity index (χ4n) is 2.26. The van der Waals surface area contributed by atoms with Crippen molar-refractivity contribution in [3.63, 3.8) is 0 Å². The lowest BCUT2D eigenvalue weighted by atomic mass is 10.1. The van der Waals surface area contributed by atoms with Gasteiger partial charge in [0.2, 0.25) is 0 Å². The van der Waals surface area contributed by atoms with Crippen molar-refractivity contribution in [2.45, 2.75) is 12.6 Å². The van der Waals surface area contributed by atoms with Crippen LogP contribution >= 0.6 is 0 Å². The second kappa shape index (κ2) is 8.72. The number of anilines is 1. The van der Waals surface area contributed by atoms with Crippen LogP contribution in [0.25, 0.3) is 0 Å². The molecule has 0 heterocycles. The van der Waals surface area contributed by atoms with E-state index in [0.717, 1.165) is 18.2 Å². The number of benzene rings is 2. The maximum absolute atomic E-state index is 13.5. The van der Waals surface area contributed by atoms with Crippen LogP contribution in [0.3, 0.4) is 0 Å². The van der Waals surface area contributed by atoms with Crippen molar-refractivity contribution < 1.29 is 36.9 Å². The molecule has 0 aliphatic rings. The molecule has 0 aromatic heterocycles. The Morgan fingerprint density at radius 2 is 1.85 bits per heavy atom. The Hall–Kier alpha value is -2.81. The minimum Gasteiger partial charge on any atom is -0.478 e. The third-order valence-electron chi connectivity index (χ3n) is 3.52. The van der Waals surface area contributed by atoms with Crippen molar-refractivity contribution >= 4 is 11.7 Å². The molecule has 2 aromatic carbocycles. The van der Waals surface area contributed by atoms with Crippen LogP contribution in [0.4, 0.5) is 23.2 Å². The summed E-state index contributed by atoms with van der Waals surface area (Å²) in [6.07, 6.45) is -4.38. The molecule has 5 nitrogen and oxygen atoms in total. The molecule has 0 spiro atoms. The second-order valence-electron chi connectivity index (χ2n) is 5.53. The lowest BCUT2D eigenvalue weighted by molar-refractivity contribution is -0.138. The number of aromatic carboxylic acids is 1. The van der Waals surface area contributed by atoms with Crippen LogP contribution in [0.2, 0.25) is 0 Å². The van der Waals surface area contributed by atoms with E-state index in [0.29, 0.717) is 19.1 Å². The van der Waals surface area contributed by atoms with Crippen molar-refractivity contribution in [1.82, 2.24) is 0 Å². The summed E-state index contributed by atoms with van der Waals surface area (Å²) in [6, 6.07) is 6.00. The molecule has 146 valence electrons. The first-order valence-electron chi connectivity index (χ1n) is 7.87. The number of ether oxygens (including phenoxy) is 2. The van der Waals surface area contributed by atoms with Gasteiger partial charge in [-0.2, -0.15) is 13.2 Å². The van der Waals surface area contributed by atoms with Crippen LogP contribution in [0, 0.1) is 5.82 Å². The molecule has 0 atom stereocenters. The monoisotopic (exact) mass is 387 g/mol. The van der Waals surface area contributed by atoms with E-state index < -0.39 is 34.8 Å². The average Bonchev–Trinajstić information content (AvgIpc) is 2.60. The second-order valence-corrected chi connectivity index (χ2v) is 5.53. The van der Waals surface area contributed by atoms with E-state index in [1.165, 1.54) is 19.2 Å². The maximum atomic E-state index is 13.5. The molecule has 0 aliphatic heterocycles. The summed E-state index contributed by atoms with van der Waals surface area (Å²) >= 11 is 0. The number of rotatable bonds is 8. The van der Waals surface area contributed by atoms with Crippen molar-refractivity contribution in [1.29, 1.82) is 0 Å². The Bertz CT molecular complexity index is 791. The molecule has 2 rings (SSSR count). The van der Waals surface area contributed by atoms with Crippen LogP contribution in [0.1, 0.15) is 22.3 Å². The number of methoxy groups -OCH3 is 1. The van der Waals surface area contributed by atoms with Gasteiger partial charge in [0.1, 0.15) is 17.1 Å². The molecule has 0 aliphatic carbocycles. The van der Waals surface area contributed by atoms with Gasteiger partial charge in [0.05, 0.1) is 11.3 Å². The van der Waals surface area contributed by atoms with Gasteiger partial charge in [-0.25, -0.2) is 9.18 Å².